The maximum Gasteiger partial charge on any atom is 0.276 e. The average Bonchev–Trinajstić information content (AvgIpc) is 3.07. The number of aryl methyl sites for hydroxylation is 2. The third-order valence-corrected chi connectivity index (χ3v) is 4.64. The highest BCUT2D eigenvalue weighted by atomic mass is 32.1. The van der Waals surface area contributed by atoms with Crippen molar-refractivity contribution < 1.29 is 0 Å². The van der Waals surface area contributed by atoms with E-state index in [1.165, 1.54) is 0 Å². The maximum absolute atomic E-state index is 12.5. The predicted molar refractivity (Wildman–Crippen MR) is 75.9 cm³/mol. The summed E-state index contributed by atoms with van der Waals surface area (Å²) in [4.78, 5) is 18.3. The summed E-state index contributed by atoms with van der Waals surface area (Å²) in [6.07, 6.45) is 2.82. The van der Waals surface area contributed by atoms with E-state index < -0.39 is 0 Å². The molecule has 0 amide bonds. The van der Waals surface area contributed by atoms with Gasteiger partial charge in [-0.15, -0.1) is 11.3 Å². The van der Waals surface area contributed by atoms with Crippen LogP contribution in [-0.4, -0.2) is 14.6 Å². The molecule has 0 atom stereocenters. The van der Waals surface area contributed by atoms with Crippen LogP contribution in [0.2, 0.25) is 0 Å². The fourth-order valence-corrected chi connectivity index (χ4v) is 3.69. The molecule has 5 heteroatoms. The van der Waals surface area contributed by atoms with E-state index in [1.807, 2.05) is 18.4 Å². The van der Waals surface area contributed by atoms with Crippen LogP contribution in [-0.2, 0) is 12.8 Å². The molecule has 3 heterocycles. The van der Waals surface area contributed by atoms with E-state index in [4.69, 9.17) is 4.98 Å². The quantitative estimate of drug-likeness (QED) is 0.739. The molecule has 0 aliphatic heterocycles. The zero-order chi connectivity index (χ0) is 13.0. The van der Waals surface area contributed by atoms with Gasteiger partial charge in [-0.25, -0.2) is 9.50 Å². The number of thiophene rings is 1. The smallest absolute Gasteiger partial charge is 0.276 e. The van der Waals surface area contributed by atoms with Gasteiger partial charge in [0.25, 0.3) is 5.56 Å². The number of H-pyrrole nitrogens is 1. The molecule has 0 saturated heterocycles. The van der Waals surface area contributed by atoms with Gasteiger partial charge in [0.05, 0.1) is 11.3 Å². The summed E-state index contributed by atoms with van der Waals surface area (Å²) >= 11 is 1.67. The summed E-state index contributed by atoms with van der Waals surface area (Å²) in [5, 5.41) is 5.21. The third kappa shape index (κ3) is 1.45. The Hall–Kier alpha value is -1.88. The predicted octanol–water partition coefficient (Wildman–Crippen LogP) is 2.55. The first-order valence-electron chi connectivity index (χ1n) is 6.42. The van der Waals surface area contributed by atoms with Crippen molar-refractivity contribution in [2.75, 3.05) is 0 Å². The zero-order valence-corrected chi connectivity index (χ0v) is 11.4. The molecule has 0 saturated carbocycles. The molecule has 0 unspecified atom stereocenters. The summed E-state index contributed by atoms with van der Waals surface area (Å²) in [5.74, 6) is 0. The Morgan fingerprint density at radius 2 is 2.32 bits per heavy atom. The van der Waals surface area contributed by atoms with Crippen LogP contribution in [0.3, 0.4) is 0 Å². The second-order valence-corrected chi connectivity index (χ2v) is 5.89. The van der Waals surface area contributed by atoms with E-state index in [0.29, 0.717) is 0 Å². The second kappa shape index (κ2) is 3.81. The van der Waals surface area contributed by atoms with Crippen molar-refractivity contribution in [2.24, 2.45) is 0 Å². The Kier molecular flexibility index (Phi) is 2.20. The number of fused-ring (bicyclic) bond motifs is 2. The number of aromatic nitrogens is 3. The Morgan fingerprint density at radius 1 is 1.42 bits per heavy atom. The molecule has 96 valence electrons. The molecule has 19 heavy (non-hydrogen) atoms. The molecular formula is C14H13N3OS. The minimum absolute atomic E-state index is 0.0726. The zero-order valence-electron chi connectivity index (χ0n) is 10.6. The van der Waals surface area contributed by atoms with E-state index in [0.717, 1.165) is 52.3 Å². The van der Waals surface area contributed by atoms with Crippen LogP contribution in [0.1, 0.15) is 23.4 Å². The van der Waals surface area contributed by atoms with Crippen molar-refractivity contribution in [2.45, 2.75) is 26.2 Å². The average molecular weight is 271 g/mol. The number of nitrogens with one attached hydrogen (secondary N) is 1. The minimum atomic E-state index is 0.0726. The Bertz CT molecular complexity index is 827. The van der Waals surface area contributed by atoms with E-state index in [9.17, 15) is 4.79 Å². The molecule has 0 radical (unpaired) electrons. The lowest BCUT2D eigenvalue weighted by molar-refractivity contribution is 0.856. The molecule has 0 aromatic carbocycles. The normalized spacial score (nSPS) is 14.2. The summed E-state index contributed by atoms with van der Waals surface area (Å²) in [7, 11) is 0. The van der Waals surface area contributed by atoms with Crippen molar-refractivity contribution in [3.63, 3.8) is 0 Å². The standard InChI is InChI=1S/C14H13N3OS/c1-8-12(11-6-3-7-19-11)13-15-10-5-2-4-9(10)14(18)17(13)16-8/h3,6-7,16H,2,4-5H2,1H3. The van der Waals surface area contributed by atoms with E-state index in [1.54, 1.807) is 15.9 Å². The van der Waals surface area contributed by atoms with Crippen molar-refractivity contribution in [3.05, 3.63) is 44.8 Å². The van der Waals surface area contributed by atoms with Crippen LogP contribution >= 0.6 is 11.3 Å². The lowest BCUT2D eigenvalue weighted by Gasteiger charge is -2.00. The number of hydrogen-bond donors (Lipinski definition) is 1. The molecule has 1 aliphatic carbocycles. The highest BCUT2D eigenvalue weighted by Crippen LogP contribution is 2.31. The Morgan fingerprint density at radius 3 is 3.11 bits per heavy atom. The highest BCUT2D eigenvalue weighted by Gasteiger charge is 2.22. The molecule has 0 bridgehead atoms. The number of rotatable bonds is 1. The highest BCUT2D eigenvalue weighted by molar-refractivity contribution is 7.13. The molecule has 4 rings (SSSR count). The van der Waals surface area contributed by atoms with Gasteiger partial charge in [-0.3, -0.25) is 9.89 Å². The first-order valence-corrected chi connectivity index (χ1v) is 7.30. The molecule has 1 aliphatic rings. The maximum atomic E-state index is 12.5. The van der Waals surface area contributed by atoms with E-state index in [2.05, 4.69) is 11.2 Å². The molecule has 4 nitrogen and oxygen atoms in total. The van der Waals surface area contributed by atoms with Crippen LogP contribution in [0, 0.1) is 6.92 Å². The molecule has 3 aromatic heterocycles. The first kappa shape index (κ1) is 11.0. The Labute approximate surface area is 113 Å². The van der Waals surface area contributed by atoms with Crippen LogP contribution in [0.5, 0.6) is 0 Å². The van der Waals surface area contributed by atoms with Gasteiger partial charge >= 0.3 is 0 Å². The fourth-order valence-electron chi connectivity index (χ4n) is 2.87. The van der Waals surface area contributed by atoms with Gasteiger partial charge in [-0.1, -0.05) is 6.07 Å². The SMILES string of the molecule is Cc1[nH]n2c(=O)c3c(nc2c1-c1cccs1)CCC3. The summed E-state index contributed by atoms with van der Waals surface area (Å²) in [6, 6.07) is 4.09. The van der Waals surface area contributed by atoms with E-state index in [-0.39, 0.29) is 5.56 Å². The van der Waals surface area contributed by atoms with Gasteiger partial charge in [0, 0.05) is 16.1 Å². The van der Waals surface area contributed by atoms with Gasteiger partial charge in [0.2, 0.25) is 0 Å². The third-order valence-electron chi connectivity index (χ3n) is 3.75. The monoisotopic (exact) mass is 271 g/mol. The number of hydrogen-bond acceptors (Lipinski definition) is 3. The molecular weight excluding hydrogens is 258 g/mol. The van der Waals surface area contributed by atoms with E-state index >= 15 is 0 Å². The first-order chi connectivity index (χ1) is 9.25. The van der Waals surface area contributed by atoms with Gasteiger partial charge in [0.15, 0.2) is 5.65 Å². The lowest BCUT2D eigenvalue weighted by atomic mass is 10.2. The second-order valence-electron chi connectivity index (χ2n) is 4.94. The molecule has 3 aromatic rings. The summed E-state index contributed by atoms with van der Waals surface area (Å²) in [6.45, 7) is 1.99. The molecule has 0 fully saturated rings. The summed E-state index contributed by atoms with van der Waals surface area (Å²) in [5.41, 5.74) is 4.77. The van der Waals surface area contributed by atoms with Crippen LogP contribution in [0.4, 0.5) is 0 Å². The largest absolute Gasteiger partial charge is 0.293 e. The Balaban J connectivity index is 2.13. The van der Waals surface area contributed by atoms with Crippen molar-refractivity contribution in [1.29, 1.82) is 0 Å². The van der Waals surface area contributed by atoms with Crippen molar-refractivity contribution in [3.8, 4) is 10.4 Å². The summed E-state index contributed by atoms with van der Waals surface area (Å²) < 4.78 is 1.61. The van der Waals surface area contributed by atoms with Crippen LogP contribution < -0.4 is 5.56 Å². The number of aromatic amines is 1. The van der Waals surface area contributed by atoms with Crippen LogP contribution in [0.25, 0.3) is 16.1 Å². The topological polar surface area (TPSA) is 50.2 Å². The van der Waals surface area contributed by atoms with Crippen molar-refractivity contribution >= 4 is 17.0 Å². The number of nitrogens with zero attached hydrogens (tertiary/aromatic N) is 2. The van der Waals surface area contributed by atoms with Gasteiger partial charge in [-0.2, -0.15) is 0 Å². The molecule has 1 N–H and O–H groups in total. The molecule has 0 spiro atoms. The van der Waals surface area contributed by atoms with Crippen LogP contribution in [0.15, 0.2) is 22.3 Å². The van der Waals surface area contributed by atoms with Gasteiger partial charge in [-0.05, 0) is 37.6 Å². The lowest BCUT2D eigenvalue weighted by Crippen LogP contribution is -2.20. The fraction of sp³-hybridized carbons (Fsp3) is 0.286. The van der Waals surface area contributed by atoms with Gasteiger partial charge in [0.1, 0.15) is 0 Å². The minimum Gasteiger partial charge on any atom is -0.293 e. The van der Waals surface area contributed by atoms with Crippen molar-refractivity contribution in [1.82, 2.24) is 14.6 Å². The van der Waals surface area contributed by atoms with Gasteiger partial charge < -0.3 is 0 Å².